The van der Waals surface area contributed by atoms with Crippen LogP contribution in [-0.2, 0) is 9.47 Å². The summed E-state index contributed by atoms with van der Waals surface area (Å²) in [6.07, 6.45) is 1.60. The highest BCUT2D eigenvalue weighted by molar-refractivity contribution is 6.06. The lowest BCUT2D eigenvalue weighted by Crippen LogP contribution is -2.50. The minimum absolute atomic E-state index is 0.140. The SMILES string of the molecule is CC(C)(C)OC(=O)N1CCN(c2ccc(C(=O)O)c3nn(C4COC4)cc23)CC1. The molecule has 2 aliphatic heterocycles. The first-order chi connectivity index (χ1) is 13.7. The number of hydrogen-bond donors (Lipinski definition) is 1. The summed E-state index contributed by atoms with van der Waals surface area (Å²) in [5.74, 6) is -0.994. The Bertz CT molecular complexity index is 936. The van der Waals surface area contributed by atoms with Crippen LogP contribution in [0.2, 0.25) is 0 Å². The largest absolute Gasteiger partial charge is 0.478 e. The molecule has 0 unspecified atom stereocenters. The van der Waals surface area contributed by atoms with Crippen molar-refractivity contribution in [2.24, 2.45) is 0 Å². The van der Waals surface area contributed by atoms with Crippen molar-refractivity contribution in [2.75, 3.05) is 44.3 Å². The number of carbonyl (C=O) groups excluding carboxylic acids is 1. The minimum Gasteiger partial charge on any atom is -0.478 e. The number of rotatable bonds is 3. The molecule has 1 aromatic heterocycles. The molecule has 9 nitrogen and oxygen atoms in total. The summed E-state index contributed by atoms with van der Waals surface area (Å²) in [6.45, 7) is 9.09. The maximum Gasteiger partial charge on any atom is 0.410 e. The van der Waals surface area contributed by atoms with Crippen LogP contribution >= 0.6 is 0 Å². The van der Waals surface area contributed by atoms with E-state index in [-0.39, 0.29) is 17.7 Å². The number of ether oxygens (including phenoxy) is 2. The summed E-state index contributed by atoms with van der Waals surface area (Å²) < 4.78 is 12.5. The molecule has 2 aromatic rings. The van der Waals surface area contributed by atoms with Crippen LogP contribution in [0.25, 0.3) is 10.9 Å². The zero-order chi connectivity index (χ0) is 20.8. The van der Waals surface area contributed by atoms with E-state index in [1.165, 1.54) is 0 Å². The molecule has 0 radical (unpaired) electrons. The number of amides is 1. The highest BCUT2D eigenvalue weighted by Gasteiger charge is 2.28. The molecule has 1 N–H and O–H groups in total. The van der Waals surface area contributed by atoms with Crippen LogP contribution in [0.3, 0.4) is 0 Å². The number of carbonyl (C=O) groups is 2. The number of fused-ring (bicyclic) bond motifs is 1. The second-order valence-electron chi connectivity index (χ2n) is 8.45. The third kappa shape index (κ3) is 3.87. The first-order valence-corrected chi connectivity index (χ1v) is 9.79. The molecule has 3 heterocycles. The van der Waals surface area contributed by atoms with Gasteiger partial charge in [0.25, 0.3) is 0 Å². The third-order valence-corrected chi connectivity index (χ3v) is 5.17. The zero-order valence-corrected chi connectivity index (χ0v) is 16.9. The Morgan fingerprint density at radius 1 is 1.17 bits per heavy atom. The van der Waals surface area contributed by atoms with E-state index >= 15 is 0 Å². The molecule has 2 aliphatic rings. The predicted octanol–water partition coefficient (Wildman–Crippen LogP) is 2.36. The number of anilines is 1. The lowest BCUT2D eigenvalue weighted by Gasteiger charge is -2.37. The molecule has 1 aromatic carbocycles. The molecule has 0 saturated carbocycles. The van der Waals surface area contributed by atoms with E-state index in [1.54, 1.807) is 15.6 Å². The van der Waals surface area contributed by atoms with Crippen molar-refractivity contribution in [3.05, 3.63) is 23.9 Å². The number of hydrogen-bond acceptors (Lipinski definition) is 6. The Kier molecular flexibility index (Phi) is 4.85. The number of benzene rings is 1. The second-order valence-corrected chi connectivity index (χ2v) is 8.45. The summed E-state index contributed by atoms with van der Waals surface area (Å²) in [4.78, 5) is 27.8. The molecule has 29 heavy (non-hydrogen) atoms. The Labute approximate surface area is 168 Å². The topological polar surface area (TPSA) is 97.1 Å². The van der Waals surface area contributed by atoms with Gasteiger partial charge in [-0.3, -0.25) is 4.68 Å². The van der Waals surface area contributed by atoms with E-state index in [0.29, 0.717) is 44.9 Å². The van der Waals surface area contributed by atoms with Gasteiger partial charge in [0.15, 0.2) is 0 Å². The molecule has 0 atom stereocenters. The maximum atomic E-state index is 12.3. The summed E-state index contributed by atoms with van der Waals surface area (Å²) in [7, 11) is 0. The molecular weight excluding hydrogens is 376 g/mol. The fraction of sp³-hybridized carbons (Fsp3) is 0.550. The van der Waals surface area contributed by atoms with Gasteiger partial charge in [0.2, 0.25) is 0 Å². The van der Waals surface area contributed by atoms with E-state index in [1.807, 2.05) is 33.0 Å². The van der Waals surface area contributed by atoms with Gasteiger partial charge in [-0.2, -0.15) is 5.10 Å². The zero-order valence-electron chi connectivity index (χ0n) is 16.9. The van der Waals surface area contributed by atoms with E-state index in [9.17, 15) is 14.7 Å². The monoisotopic (exact) mass is 402 g/mol. The normalized spacial score (nSPS) is 18.0. The number of aromatic carboxylic acids is 1. The van der Waals surface area contributed by atoms with Crippen LogP contribution in [0.4, 0.5) is 10.5 Å². The highest BCUT2D eigenvalue weighted by Crippen LogP contribution is 2.32. The lowest BCUT2D eigenvalue weighted by molar-refractivity contribution is -0.0283. The fourth-order valence-corrected chi connectivity index (χ4v) is 3.58. The average Bonchev–Trinajstić information content (AvgIpc) is 3.02. The van der Waals surface area contributed by atoms with Crippen LogP contribution in [-0.4, -0.2) is 76.8 Å². The molecular formula is C20H26N4O5. The summed E-state index contributed by atoms with van der Waals surface area (Å²) in [5.41, 5.74) is 1.08. The van der Waals surface area contributed by atoms with E-state index in [2.05, 4.69) is 10.00 Å². The van der Waals surface area contributed by atoms with E-state index < -0.39 is 11.6 Å². The Balaban J connectivity index is 1.57. The number of piperazine rings is 1. The summed E-state index contributed by atoms with van der Waals surface area (Å²) >= 11 is 0. The molecule has 9 heteroatoms. The van der Waals surface area contributed by atoms with Crippen molar-refractivity contribution < 1.29 is 24.2 Å². The van der Waals surface area contributed by atoms with Gasteiger partial charge >= 0.3 is 12.1 Å². The standard InChI is InChI=1S/C20H26N4O5/c1-20(2,3)29-19(27)23-8-6-22(7-9-23)16-5-4-14(18(25)26)17-15(16)10-24(21-17)13-11-28-12-13/h4-5,10,13H,6-9,11-12H2,1-3H3,(H,25,26). The van der Waals surface area contributed by atoms with Crippen LogP contribution in [0.1, 0.15) is 37.2 Å². The van der Waals surface area contributed by atoms with Crippen LogP contribution < -0.4 is 4.90 Å². The number of aromatic nitrogens is 2. The van der Waals surface area contributed by atoms with Crippen molar-refractivity contribution in [3.8, 4) is 0 Å². The smallest absolute Gasteiger partial charge is 0.410 e. The van der Waals surface area contributed by atoms with Crippen LogP contribution in [0.5, 0.6) is 0 Å². The number of carboxylic acid groups (broad SMARTS) is 1. The molecule has 0 spiro atoms. The lowest BCUT2D eigenvalue weighted by atomic mass is 10.1. The van der Waals surface area contributed by atoms with Gasteiger partial charge in [-0.1, -0.05) is 0 Å². The Hall–Kier alpha value is -2.81. The van der Waals surface area contributed by atoms with Crippen molar-refractivity contribution in [1.82, 2.24) is 14.7 Å². The predicted molar refractivity (Wildman–Crippen MR) is 107 cm³/mol. The molecule has 156 valence electrons. The van der Waals surface area contributed by atoms with Gasteiger partial charge in [0, 0.05) is 43.4 Å². The highest BCUT2D eigenvalue weighted by atomic mass is 16.6. The van der Waals surface area contributed by atoms with Gasteiger partial charge in [-0.25, -0.2) is 9.59 Å². The molecule has 0 aliphatic carbocycles. The molecule has 1 amide bonds. The second kappa shape index (κ2) is 7.22. The van der Waals surface area contributed by atoms with Gasteiger partial charge in [0.05, 0.1) is 24.8 Å². The molecule has 2 saturated heterocycles. The summed E-state index contributed by atoms with van der Waals surface area (Å²) in [5, 5.41) is 14.9. The first kappa shape index (κ1) is 19.5. The Morgan fingerprint density at radius 3 is 2.41 bits per heavy atom. The summed E-state index contributed by atoms with van der Waals surface area (Å²) in [6, 6.07) is 3.58. The molecule has 0 bridgehead atoms. The third-order valence-electron chi connectivity index (χ3n) is 5.17. The number of carboxylic acids is 1. The fourth-order valence-electron chi connectivity index (χ4n) is 3.58. The Morgan fingerprint density at radius 2 is 1.86 bits per heavy atom. The average molecular weight is 402 g/mol. The minimum atomic E-state index is -0.994. The van der Waals surface area contributed by atoms with Gasteiger partial charge < -0.3 is 24.4 Å². The van der Waals surface area contributed by atoms with E-state index in [0.717, 1.165) is 11.1 Å². The van der Waals surface area contributed by atoms with Gasteiger partial charge in [0.1, 0.15) is 11.1 Å². The number of nitrogens with zero attached hydrogens (tertiary/aromatic N) is 4. The van der Waals surface area contributed by atoms with Crippen LogP contribution in [0, 0.1) is 0 Å². The van der Waals surface area contributed by atoms with Crippen molar-refractivity contribution in [1.29, 1.82) is 0 Å². The van der Waals surface area contributed by atoms with Crippen molar-refractivity contribution >= 4 is 28.7 Å². The van der Waals surface area contributed by atoms with Crippen LogP contribution in [0.15, 0.2) is 18.3 Å². The first-order valence-electron chi connectivity index (χ1n) is 9.79. The van der Waals surface area contributed by atoms with Crippen molar-refractivity contribution in [2.45, 2.75) is 32.4 Å². The van der Waals surface area contributed by atoms with Gasteiger partial charge in [-0.15, -0.1) is 0 Å². The quantitative estimate of drug-likeness (QED) is 0.842. The molecule has 4 rings (SSSR count). The maximum absolute atomic E-state index is 12.3. The van der Waals surface area contributed by atoms with Gasteiger partial charge in [-0.05, 0) is 32.9 Å². The van der Waals surface area contributed by atoms with Crippen molar-refractivity contribution in [3.63, 3.8) is 0 Å². The van der Waals surface area contributed by atoms with E-state index in [4.69, 9.17) is 9.47 Å². The molecule has 2 fully saturated rings.